The maximum absolute atomic E-state index is 2.80. The van der Waals surface area contributed by atoms with E-state index in [1.807, 2.05) is 11.1 Å². The van der Waals surface area contributed by atoms with Gasteiger partial charge < -0.3 is 0 Å². The molecule has 8 atom stereocenters. The third-order valence-electron chi connectivity index (χ3n) is 10.8. The van der Waals surface area contributed by atoms with Gasteiger partial charge >= 0.3 is 246 Å². The van der Waals surface area contributed by atoms with E-state index in [4.69, 9.17) is 0 Å². The van der Waals surface area contributed by atoms with Gasteiger partial charge in [-0.2, -0.15) is 0 Å². The molecule has 0 amide bonds. The summed E-state index contributed by atoms with van der Waals surface area (Å²) >= 11 is -1.54. The molecule has 0 aromatic carbocycles. The summed E-state index contributed by atoms with van der Waals surface area (Å²) in [4.78, 5) is 0. The van der Waals surface area contributed by atoms with Crippen LogP contribution in [-0.2, 0) is 0 Å². The van der Waals surface area contributed by atoms with Gasteiger partial charge in [0.25, 0.3) is 0 Å². The molecule has 0 saturated heterocycles. The third-order valence-corrected chi connectivity index (χ3v) is 20.1. The quantitative estimate of drug-likeness (QED) is 0.187. The fourth-order valence-corrected chi connectivity index (χ4v) is 17.6. The van der Waals surface area contributed by atoms with E-state index < -0.39 is 41.0 Å². The molecule has 0 bridgehead atoms. The normalized spacial score (nSPS) is 29.4. The van der Waals surface area contributed by atoms with Crippen LogP contribution in [0.3, 0.4) is 0 Å². The Balaban J connectivity index is 2.87. The molecule has 0 nitrogen and oxygen atoms in total. The molecule has 2 rings (SSSR count). The Hall–Kier alpha value is 0.441. The molecule has 0 heterocycles. The zero-order valence-corrected chi connectivity index (χ0v) is 29.2. The van der Waals surface area contributed by atoms with Crippen molar-refractivity contribution < 1.29 is 0 Å². The van der Waals surface area contributed by atoms with Crippen LogP contribution in [0.2, 0.25) is 0.772 Å². The summed E-state index contributed by atoms with van der Waals surface area (Å²) < 4.78 is 0.726. The fraction of sp³-hybridized carbons (Fsp3) is 0.765. The van der Waals surface area contributed by atoms with Crippen LogP contribution in [0.4, 0.5) is 0 Å². The molecule has 0 saturated carbocycles. The summed E-state index contributed by atoms with van der Waals surface area (Å²) in [6, 6.07) is 0. The van der Waals surface area contributed by atoms with E-state index in [0.29, 0.717) is 24.4 Å². The van der Waals surface area contributed by atoms with Crippen molar-refractivity contribution in [1.29, 1.82) is 0 Å². The van der Waals surface area contributed by atoms with Gasteiger partial charge in [0, 0.05) is 0 Å². The zero-order chi connectivity index (χ0) is 26.6. The van der Waals surface area contributed by atoms with Gasteiger partial charge in [-0.15, -0.1) is 0 Å². The summed E-state index contributed by atoms with van der Waals surface area (Å²) in [6.07, 6.45) is 18.5. The van der Waals surface area contributed by atoms with Gasteiger partial charge in [-0.25, -0.2) is 0 Å². The molecule has 35 heavy (non-hydrogen) atoms. The molecule has 1 heteroatoms. The van der Waals surface area contributed by atoms with Crippen molar-refractivity contribution in [3.05, 3.63) is 46.6 Å². The Morgan fingerprint density at radius 1 is 0.514 bits per heavy atom. The molecule has 2 aliphatic rings. The van der Waals surface area contributed by atoms with Gasteiger partial charge in [0.2, 0.25) is 0 Å². The van der Waals surface area contributed by atoms with Crippen molar-refractivity contribution in [2.45, 2.75) is 122 Å². The van der Waals surface area contributed by atoms with Crippen molar-refractivity contribution >= 4 is 41.0 Å². The molecular formula is C34H58Sr. The van der Waals surface area contributed by atoms with Gasteiger partial charge in [0.1, 0.15) is 0 Å². The molecule has 0 radical (unpaired) electrons. The SMILES string of the molecule is CCC(C)C1=C(C(C)CC)[C]([Sr][C]2(C(C)CC)C=CC(C(C)CC)=C2C(C)CC)(C(C)CC)C=C1. The van der Waals surface area contributed by atoms with Crippen molar-refractivity contribution in [2.75, 3.05) is 0 Å². The first-order valence-electron chi connectivity index (χ1n) is 15.4. The summed E-state index contributed by atoms with van der Waals surface area (Å²) in [7, 11) is 0. The van der Waals surface area contributed by atoms with Gasteiger partial charge in [-0.05, 0) is 0 Å². The van der Waals surface area contributed by atoms with Gasteiger partial charge in [-0.1, -0.05) is 0 Å². The summed E-state index contributed by atoms with van der Waals surface area (Å²) in [5.41, 5.74) is 7.21. The van der Waals surface area contributed by atoms with E-state index in [-0.39, 0.29) is 0 Å². The van der Waals surface area contributed by atoms with Crippen molar-refractivity contribution in [3.8, 4) is 0 Å². The second-order valence-electron chi connectivity index (χ2n) is 12.5. The van der Waals surface area contributed by atoms with Crippen LogP contribution in [-0.4, -0.2) is 41.0 Å². The van der Waals surface area contributed by atoms with Gasteiger partial charge in [-0.3, -0.25) is 0 Å². The van der Waals surface area contributed by atoms with Crippen molar-refractivity contribution in [3.63, 3.8) is 0 Å². The second-order valence-corrected chi connectivity index (χ2v) is 19.1. The number of rotatable bonds is 14. The topological polar surface area (TPSA) is 0 Å². The fourth-order valence-electron chi connectivity index (χ4n) is 7.30. The Labute approximate surface area is 243 Å². The standard InChI is InChI=1S/2C17H29.Sr/c2*1-7-12(4)15-10-11-16(13(5)8-2)17(15)14(6)9-3;/h2*10-14H,7-9H2,1-6H3;. The van der Waals surface area contributed by atoms with E-state index in [0.717, 1.165) is 11.8 Å². The molecule has 8 unspecified atom stereocenters. The first kappa shape index (κ1) is 31.7. The number of hydrogen-bond donors (Lipinski definition) is 0. The summed E-state index contributed by atoms with van der Waals surface area (Å²) in [5.74, 6) is 4.19. The van der Waals surface area contributed by atoms with Crippen LogP contribution in [0.5, 0.6) is 0 Å². The van der Waals surface area contributed by atoms with Crippen molar-refractivity contribution in [1.82, 2.24) is 0 Å². The predicted octanol–water partition coefficient (Wildman–Crippen LogP) is 11.0. The summed E-state index contributed by atoms with van der Waals surface area (Å²) in [6.45, 7) is 29.8. The first-order chi connectivity index (χ1) is 16.5. The molecule has 0 fully saturated rings. The Morgan fingerprint density at radius 3 is 1.09 bits per heavy atom. The Bertz CT molecular complexity index is 758. The van der Waals surface area contributed by atoms with Gasteiger partial charge in [0.05, 0.1) is 0 Å². The molecular weight excluding hydrogens is 496 g/mol. The minimum atomic E-state index is -1.54. The number of hydrogen-bond acceptors (Lipinski definition) is 0. The first-order valence-corrected chi connectivity index (χ1v) is 18.9. The maximum atomic E-state index is 2.80. The molecule has 0 aromatic heterocycles. The average Bonchev–Trinajstić information content (AvgIpc) is 3.46. The van der Waals surface area contributed by atoms with E-state index >= 15 is 0 Å². The van der Waals surface area contributed by atoms with E-state index in [2.05, 4.69) is 107 Å². The van der Waals surface area contributed by atoms with Crippen LogP contribution in [0, 0.1) is 35.5 Å². The molecule has 0 aromatic rings. The zero-order valence-electron chi connectivity index (χ0n) is 25.7. The monoisotopic (exact) mass is 554 g/mol. The molecule has 196 valence electrons. The Kier molecular flexibility index (Phi) is 12.2. The average molecular weight is 554 g/mol. The van der Waals surface area contributed by atoms with Crippen LogP contribution in [0.1, 0.15) is 122 Å². The third kappa shape index (κ3) is 5.89. The number of allylic oxidation sites excluding steroid dienone is 8. The molecule has 0 spiro atoms. The van der Waals surface area contributed by atoms with Crippen molar-refractivity contribution in [2.24, 2.45) is 35.5 Å². The van der Waals surface area contributed by atoms with Crippen LogP contribution in [0.15, 0.2) is 46.6 Å². The van der Waals surface area contributed by atoms with Crippen LogP contribution < -0.4 is 0 Å². The van der Waals surface area contributed by atoms with Crippen LogP contribution in [0.25, 0.3) is 0 Å². The van der Waals surface area contributed by atoms with E-state index in [1.54, 1.807) is 11.1 Å². The van der Waals surface area contributed by atoms with Gasteiger partial charge in [0.15, 0.2) is 0 Å². The molecule has 2 aliphatic carbocycles. The molecule has 0 N–H and O–H groups in total. The molecule has 0 aliphatic heterocycles. The predicted molar refractivity (Wildman–Crippen MR) is 160 cm³/mol. The second kappa shape index (κ2) is 13.5. The van der Waals surface area contributed by atoms with Crippen LogP contribution >= 0.6 is 0 Å². The van der Waals surface area contributed by atoms with E-state index in [9.17, 15) is 0 Å². The minimum absolute atomic E-state index is 0.363. The van der Waals surface area contributed by atoms with E-state index in [1.165, 1.54) is 38.5 Å². The Morgan fingerprint density at radius 2 is 0.829 bits per heavy atom. The summed E-state index contributed by atoms with van der Waals surface area (Å²) in [5, 5.41) is 0.